The molecule has 0 aliphatic heterocycles. The number of hydrogen-bond donors (Lipinski definition) is 0. The highest BCUT2D eigenvalue weighted by molar-refractivity contribution is 5.63. The van der Waals surface area contributed by atoms with Crippen LogP contribution in [0.25, 0.3) is 0 Å². The topological polar surface area (TPSA) is 20.3 Å². The van der Waals surface area contributed by atoms with Gasteiger partial charge in [-0.2, -0.15) is 0 Å². The van der Waals surface area contributed by atoms with Gasteiger partial charge >= 0.3 is 0 Å². The van der Waals surface area contributed by atoms with Crippen LogP contribution >= 0.6 is 0 Å². The molecule has 0 amide bonds. The Morgan fingerprint density at radius 2 is 2.00 bits per heavy atom. The van der Waals surface area contributed by atoms with Crippen molar-refractivity contribution in [3.05, 3.63) is 47.8 Å². The molecule has 0 aromatic heterocycles. The van der Waals surface area contributed by atoms with E-state index in [9.17, 15) is 9.18 Å². The van der Waals surface area contributed by atoms with Crippen molar-refractivity contribution in [2.45, 2.75) is 12.5 Å². The molecule has 0 fully saturated rings. The van der Waals surface area contributed by atoms with Crippen LogP contribution in [0.3, 0.4) is 0 Å². The summed E-state index contributed by atoms with van der Waals surface area (Å²) in [6, 6.07) is 5.95. The van der Waals surface area contributed by atoms with Crippen LogP contribution in [-0.4, -0.2) is 31.3 Å². The van der Waals surface area contributed by atoms with E-state index >= 15 is 0 Å². The Labute approximate surface area is 95.4 Å². The van der Waals surface area contributed by atoms with E-state index in [2.05, 4.69) is 6.58 Å². The van der Waals surface area contributed by atoms with Crippen molar-refractivity contribution in [3.63, 3.8) is 0 Å². The third-order valence-corrected chi connectivity index (χ3v) is 2.45. The molecule has 0 aliphatic rings. The van der Waals surface area contributed by atoms with Gasteiger partial charge in [-0.1, -0.05) is 18.7 Å². The Kier molecular flexibility index (Phi) is 4.38. The Hall–Kier alpha value is -1.48. The lowest BCUT2D eigenvalue weighted by molar-refractivity contribution is -0.110. The Morgan fingerprint density at radius 3 is 2.44 bits per heavy atom. The van der Waals surface area contributed by atoms with Crippen molar-refractivity contribution in [2.75, 3.05) is 14.1 Å². The highest BCUT2D eigenvalue weighted by atomic mass is 19.1. The first kappa shape index (κ1) is 12.6. The summed E-state index contributed by atoms with van der Waals surface area (Å²) in [6.07, 6.45) is 1.45. The second kappa shape index (κ2) is 5.56. The molecular weight excluding hydrogens is 205 g/mol. The fourth-order valence-corrected chi connectivity index (χ4v) is 1.55. The first-order valence-electron chi connectivity index (χ1n) is 5.08. The molecule has 3 heteroatoms. The summed E-state index contributed by atoms with van der Waals surface area (Å²) in [5, 5.41) is 0. The maximum Gasteiger partial charge on any atom is 0.141 e. The molecule has 0 spiro atoms. The number of rotatable bonds is 5. The van der Waals surface area contributed by atoms with Gasteiger partial charge in [0.05, 0.1) is 6.04 Å². The second-order valence-corrected chi connectivity index (χ2v) is 4.01. The third kappa shape index (κ3) is 3.28. The minimum atomic E-state index is -0.287. The number of carbonyl (C=O) groups excluding carboxylic acids is 1. The Morgan fingerprint density at radius 1 is 1.44 bits per heavy atom. The van der Waals surface area contributed by atoms with Gasteiger partial charge in [0.25, 0.3) is 0 Å². The predicted octanol–water partition coefficient (Wildman–Crippen LogP) is 2.05. The number of benzene rings is 1. The minimum absolute atomic E-state index is 0.256. The van der Waals surface area contributed by atoms with Crippen LogP contribution < -0.4 is 0 Å². The highest BCUT2D eigenvalue weighted by Crippen LogP contribution is 2.12. The van der Waals surface area contributed by atoms with Gasteiger partial charge in [-0.05, 0) is 43.8 Å². The summed E-state index contributed by atoms with van der Waals surface area (Å²) in [6.45, 7) is 3.90. The lowest BCUT2D eigenvalue weighted by Gasteiger charge is -2.20. The summed E-state index contributed by atoms with van der Waals surface area (Å²) >= 11 is 0. The van der Waals surface area contributed by atoms with Crippen molar-refractivity contribution in [1.29, 1.82) is 0 Å². The van der Waals surface area contributed by atoms with E-state index in [1.54, 1.807) is 17.0 Å². The standard InChI is InChI=1S/C13H16FNO/c1-10(13(9-16)15(2)3)8-11-4-6-12(14)7-5-11/h4-7,9,13H,1,8H2,2-3H3. The van der Waals surface area contributed by atoms with Crippen molar-refractivity contribution in [1.82, 2.24) is 4.90 Å². The van der Waals surface area contributed by atoms with Gasteiger partial charge in [-0.15, -0.1) is 0 Å². The minimum Gasteiger partial charge on any atom is -0.301 e. The lowest BCUT2D eigenvalue weighted by atomic mass is 10.0. The van der Waals surface area contributed by atoms with Crippen LogP contribution in [0.2, 0.25) is 0 Å². The van der Waals surface area contributed by atoms with Crippen LogP contribution in [0.4, 0.5) is 4.39 Å². The summed E-state index contributed by atoms with van der Waals surface area (Å²) in [4.78, 5) is 12.7. The lowest BCUT2D eigenvalue weighted by Crippen LogP contribution is -2.31. The maximum absolute atomic E-state index is 12.7. The summed E-state index contributed by atoms with van der Waals surface area (Å²) in [5.74, 6) is -0.256. The van der Waals surface area contributed by atoms with E-state index < -0.39 is 0 Å². The first-order chi connectivity index (χ1) is 7.54. The monoisotopic (exact) mass is 221 g/mol. The SMILES string of the molecule is C=C(Cc1ccc(F)cc1)C(C=O)N(C)C. The molecular formula is C13H16FNO. The molecule has 0 saturated carbocycles. The first-order valence-corrected chi connectivity index (χ1v) is 5.08. The number of likely N-dealkylation sites (N-methyl/N-ethyl adjacent to an activating group) is 1. The highest BCUT2D eigenvalue weighted by Gasteiger charge is 2.13. The molecule has 0 aliphatic carbocycles. The zero-order valence-electron chi connectivity index (χ0n) is 9.61. The fraction of sp³-hybridized carbons (Fsp3) is 0.308. The zero-order chi connectivity index (χ0) is 12.1. The average molecular weight is 221 g/mol. The van der Waals surface area contributed by atoms with Crippen LogP contribution in [0, 0.1) is 5.82 Å². The molecule has 0 N–H and O–H groups in total. The van der Waals surface area contributed by atoms with Gasteiger partial charge in [-0.25, -0.2) is 4.39 Å². The van der Waals surface area contributed by atoms with Gasteiger partial charge in [0.15, 0.2) is 0 Å². The molecule has 0 radical (unpaired) electrons. The van der Waals surface area contributed by atoms with Gasteiger partial charge in [0, 0.05) is 0 Å². The maximum atomic E-state index is 12.7. The average Bonchev–Trinajstić information content (AvgIpc) is 2.22. The van der Waals surface area contributed by atoms with Gasteiger partial charge in [-0.3, -0.25) is 4.90 Å². The number of halogens is 1. The zero-order valence-corrected chi connectivity index (χ0v) is 9.61. The van der Waals surface area contributed by atoms with Crippen LogP contribution in [0.5, 0.6) is 0 Å². The van der Waals surface area contributed by atoms with Crippen molar-refractivity contribution in [2.24, 2.45) is 0 Å². The molecule has 1 rings (SSSR count). The van der Waals surface area contributed by atoms with Gasteiger partial charge < -0.3 is 4.79 Å². The van der Waals surface area contributed by atoms with Gasteiger partial charge in [0.1, 0.15) is 12.1 Å². The number of aldehydes is 1. The fourth-order valence-electron chi connectivity index (χ4n) is 1.55. The molecule has 1 aromatic rings. The number of hydrogen-bond acceptors (Lipinski definition) is 2. The van der Waals surface area contributed by atoms with Crippen molar-refractivity contribution >= 4 is 6.29 Å². The molecule has 0 bridgehead atoms. The molecule has 16 heavy (non-hydrogen) atoms. The predicted molar refractivity (Wildman–Crippen MR) is 62.8 cm³/mol. The normalized spacial score (nSPS) is 12.5. The molecule has 1 atom stereocenters. The quantitative estimate of drug-likeness (QED) is 0.560. The van der Waals surface area contributed by atoms with E-state index in [0.29, 0.717) is 6.42 Å². The van der Waals surface area contributed by atoms with Crippen LogP contribution in [0.15, 0.2) is 36.4 Å². The van der Waals surface area contributed by atoms with Crippen molar-refractivity contribution in [3.8, 4) is 0 Å². The van der Waals surface area contributed by atoms with E-state index in [-0.39, 0.29) is 11.9 Å². The van der Waals surface area contributed by atoms with Crippen molar-refractivity contribution < 1.29 is 9.18 Å². The van der Waals surface area contributed by atoms with E-state index in [1.165, 1.54) is 12.1 Å². The van der Waals surface area contributed by atoms with Gasteiger partial charge in [0.2, 0.25) is 0 Å². The van der Waals surface area contributed by atoms with E-state index in [4.69, 9.17) is 0 Å². The number of carbonyl (C=O) groups is 1. The molecule has 0 heterocycles. The second-order valence-electron chi connectivity index (χ2n) is 4.01. The Bertz CT molecular complexity index is 370. The Balaban J connectivity index is 2.70. The summed E-state index contributed by atoms with van der Waals surface area (Å²) < 4.78 is 12.7. The largest absolute Gasteiger partial charge is 0.301 e. The van der Waals surface area contributed by atoms with E-state index in [0.717, 1.165) is 17.4 Å². The molecule has 0 saturated heterocycles. The van der Waals surface area contributed by atoms with Crippen LogP contribution in [0.1, 0.15) is 5.56 Å². The molecule has 1 aromatic carbocycles. The smallest absolute Gasteiger partial charge is 0.141 e. The molecule has 86 valence electrons. The van der Waals surface area contributed by atoms with E-state index in [1.807, 2.05) is 14.1 Å². The molecule has 2 nitrogen and oxygen atoms in total. The summed E-state index contributed by atoms with van der Waals surface area (Å²) in [7, 11) is 3.66. The third-order valence-electron chi connectivity index (χ3n) is 2.45. The van der Waals surface area contributed by atoms with Crippen LogP contribution in [-0.2, 0) is 11.2 Å². The summed E-state index contributed by atoms with van der Waals surface area (Å²) in [5.41, 5.74) is 1.77. The number of nitrogens with zero attached hydrogens (tertiary/aromatic N) is 1. The molecule has 1 unspecified atom stereocenters.